The Morgan fingerprint density at radius 1 is 0.909 bits per heavy atom. The molecule has 0 aliphatic heterocycles. The van der Waals surface area contributed by atoms with E-state index in [9.17, 15) is 24.9 Å². The maximum Gasteiger partial charge on any atom is 0.337 e. The first kappa shape index (κ1) is 15.4. The number of aromatic hydroxyl groups is 2. The largest absolute Gasteiger partial charge is 0.507 e. The molecule has 0 spiro atoms. The third kappa shape index (κ3) is 2.71. The second kappa shape index (κ2) is 5.77. The van der Waals surface area contributed by atoms with Crippen molar-refractivity contribution < 1.29 is 24.9 Å². The van der Waals surface area contributed by atoms with Crippen molar-refractivity contribution in [3.63, 3.8) is 0 Å². The van der Waals surface area contributed by atoms with Crippen LogP contribution in [0.3, 0.4) is 0 Å². The minimum absolute atomic E-state index is 0.00765. The summed E-state index contributed by atoms with van der Waals surface area (Å²) in [5, 5.41) is 29.0. The van der Waals surface area contributed by atoms with E-state index in [4.69, 9.17) is 0 Å². The molecule has 0 saturated heterocycles. The van der Waals surface area contributed by atoms with Crippen molar-refractivity contribution in [1.29, 1.82) is 0 Å². The smallest absolute Gasteiger partial charge is 0.337 e. The van der Waals surface area contributed by atoms with Gasteiger partial charge in [0.25, 0.3) is 0 Å². The number of ketones is 1. The number of hydrogen-bond acceptors (Lipinski definition) is 5. The van der Waals surface area contributed by atoms with Gasteiger partial charge in [-0.1, -0.05) is 12.1 Å². The van der Waals surface area contributed by atoms with Gasteiger partial charge >= 0.3 is 5.97 Å². The molecule has 22 heavy (non-hydrogen) atoms. The van der Waals surface area contributed by atoms with Crippen LogP contribution in [-0.2, 0) is 0 Å². The van der Waals surface area contributed by atoms with E-state index >= 15 is 0 Å². The number of nitrogens with zero attached hydrogens (tertiary/aromatic N) is 1. The Morgan fingerprint density at radius 2 is 1.55 bits per heavy atom. The molecule has 0 saturated carbocycles. The highest BCUT2D eigenvalue weighted by Gasteiger charge is 2.22. The lowest BCUT2D eigenvalue weighted by atomic mass is 9.98. The molecule has 0 fully saturated rings. The lowest BCUT2D eigenvalue weighted by molar-refractivity contribution is 0.0697. The van der Waals surface area contributed by atoms with E-state index in [0.29, 0.717) is 0 Å². The summed E-state index contributed by atoms with van der Waals surface area (Å²) in [5.41, 5.74) is -0.0170. The van der Waals surface area contributed by atoms with Crippen molar-refractivity contribution in [2.45, 2.75) is 0 Å². The summed E-state index contributed by atoms with van der Waals surface area (Å²) in [4.78, 5) is 25.3. The van der Waals surface area contributed by atoms with Crippen LogP contribution in [0.25, 0.3) is 0 Å². The fraction of sp³-hybridized carbons (Fsp3) is 0.125. The molecule has 2 rings (SSSR count). The summed E-state index contributed by atoms with van der Waals surface area (Å²) in [6.07, 6.45) is 0. The van der Waals surface area contributed by atoms with Crippen molar-refractivity contribution in [3.8, 4) is 11.5 Å². The van der Waals surface area contributed by atoms with Crippen LogP contribution >= 0.6 is 0 Å². The van der Waals surface area contributed by atoms with E-state index in [2.05, 4.69) is 0 Å². The van der Waals surface area contributed by atoms with Gasteiger partial charge < -0.3 is 20.2 Å². The Kier molecular flexibility index (Phi) is 4.03. The first-order valence-electron chi connectivity index (χ1n) is 6.43. The number of benzene rings is 2. The maximum absolute atomic E-state index is 12.4. The normalized spacial score (nSPS) is 10.3. The summed E-state index contributed by atoms with van der Waals surface area (Å²) >= 11 is 0. The van der Waals surface area contributed by atoms with Crippen LogP contribution in [-0.4, -0.2) is 41.2 Å². The summed E-state index contributed by atoms with van der Waals surface area (Å²) in [7, 11) is 3.26. The second-order valence-corrected chi connectivity index (χ2v) is 4.93. The number of phenols is 2. The Bertz CT molecular complexity index is 752. The van der Waals surface area contributed by atoms with Crippen LogP contribution < -0.4 is 4.90 Å². The second-order valence-electron chi connectivity index (χ2n) is 4.93. The van der Waals surface area contributed by atoms with Gasteiger partial charge in [-0.15, -0.1) is 0 Å². The van der Waals surface area contributed by atoms with Crippen LogP contribution in [0.4, 0.5) is 5.69 Å². The third-order valence-electron chi connectivity index (χ3n) is 3.22. The zero-order valence-corrected chi connectivity index (χ0v) is 12.1. The number of phenolic OH excluding ortho intramolecular Hbond substituents is 2. The van der Waals surface area contributed by atoms with Crippen molar-refractivity contribution in [3.05, 3.63) is 53.1 Å². The fourth-order valence-corrected chi connectivity index (χ4v) is 2.11. The highest BCUT2D eigenvalue weighted by molar-refractivity contribution is 6.13. The van der Waals surface area contributed by atoms with E-state index < -0.39 is 11.8 Å². The van der Waals surface area contributed by atoms with E-state index in [0.717, 1.165) is 6.07 Å². The minimum Gasteiger partial charge on any atom is -0.507 e. The molecule has 0 bridgehead atoms. The monoisotopic (exact) mass is 301 g/mol. The lowest BCUT2D eigenvalue weighted by Crippen LogP contribution is -2.15. The topological polar surface area (TPSA) is 98.1 Å². The molecular weight excluding hydrogens is 286 g/mol. The SMILES string of the molecule is CN(C)c1cc(O)c(C(=O)c2ccccc2O)cc1C(=O)O. The van der Waals surface area contributed by atoms with Gasteiger partial charge in [-0.25, -0.2) is 4.79 Å². The predicted octanol–water partition coefficient (Wildman–Crippen LogP) is 2.09. The van der Waals surface area contributed by atoms with Crippen LogP contribution in [0.1, 0.15) is 26.3 Å². The molecule has 0 unspecified atom stereocenters. The number of carbonyl (C=O) groups is 2. The molecule has 0 amide bonds. The number of aromatic carboxylic acids is 1. The van der Waals surface area contributed by atoms with Gasteiger partial charge in [0.15, 0.2) is 5.78 Å². The summed E-state index contributed by atoms with van der Waals surface area (Å²) < 4.78 is 0. The van der Waals surface area contributed by atoms with E-state index in [1.807, 2.05) is 0 Å². The third-order valence-corrected chi connectivity index (χ3v) is 3.22. The van der Waals surface area contributed by atoms with Crippen molar-refractivity contribution in [2.75, 3.05) is 19.0 Å². The molecule has 6 heteroatoms. The minimum atomic E-state index is -1.21. The summed E-state index contributed by atoms with van der Waals surface area (Å²) in [6, 6.07) is 8.20. The molecule has 114 valence electrons. The van der Waals surface area contributed by atoms with E-state index in [1.54, 1.807) is 26.2 Å². The summed E-state index contributed by atoms with van der Waals surface area (Å²) in [6.45, 7) is 0. The van der Waals surface area contributed by atoms with Crippen LogP contribution in [0.15, 0.2) is 36.4 Å². The standard InChI is InChI=1S/C16H15NO5/c1-17(2)12-8-14(19)11(7-10(12)16(21)22)15(20)9-5-3-4-6-13(9)18/h3-8,18-19H,1-2H3,(H,21,22). The zero-order valence-electron chi connectivity index (χ0n) is 12.1. The van der Waals surface area contributed by atoms with Crippen LogP contribution in [0.2, 0.25) is 0 Å². The van der Waals surface area contributed by atoms with Gasteiger partial charge in [0.05, 0.1) is 22.4 Å². The Morgan fingerprint density at radius 3 is 2.09 bits per heavy atom. The van der Waals surface area contributed by atoms with Crippen molar-refractivity contribution >= 4 is 17.4 Å². The molecule has 0 aliphatic carbocycles. The molecule has 0 aromatic heterocycles. The molecule has 6 nitrogen and oxygen atoms in total. The Balaban J connectivity index is 2.62. The molecule has 0 radical (unpaired) electrons. The quantitative estimate of drug-likeness (QED) is 0.748. The maximum atomic E-state index is 12.4. The molecule has 0 aliphatic rings. The predicted molar refractivity (Wildman–Crippen MR) is 80.9 cm³/mol. The van der Waals surface area contributed by atoms with E-state index in [1.165, 1.54) is 23.1 Å². The van der Waals surface area contributed by atoms with Gasteiger partial charge in [-0.05, 0) is 18.2 Å². The molecule has 0 heterocycles. The van der Waals surface area contributed by atoms with Gasteiger partial charge in [0.2, 0.25) is 0 Å². The van der Waals surface area contributed by atoms with Gasteiger partial charge in [0.1, 0.15) is 11.5 Å². The number of carboxylic acids is 1. The number of carboxylic acid groups (broad SMARTS) is 1. The van der Waals surface area contributed by atoms with Crippen molar-refractivity contribution in [1.82, 2.24) is 0 Å². The molecule has 0 atom stereocenters. The molecule has 3 N–H and O–H groups in total. The average Bonchev–Trinajstić information content (AvgIpc) is 2.46. The molecule has 2 aromatic rings. The van der Waals surface area contributed by atoms with E-state index in [-0.39, 0.29) is 33.9 Å². The highest BCUT2D eigenvalue weighted by atomic mass is 16.4. The number of anilines is 1. The van der Waals surface area contributed by atoms with Crippen molar-refractivity contribution in [2.24, 2.45) is 0 Å². The molecule has 2 aromatic carbocycles. The average molecular weight is 301 g/mol. The number of hydrogen-bond donors (Lipinski definition) is 3. The van der Waals surface area contributed by atoms with Gasteiger partial charge in [-0.2, -0.15) is 0 Å². The first-order valence-corrected chi connectivity index (χ1v) is 6.43. The van der Waals surface area contributed by atoms with Gasteiger partial charge in [0, 0.05) is 20.2 Å². The Hall–Kier alpha value is -3.02. The lowest BCUT2D eigenvalue weighted by Gasteiger charge is -2.17. The van der Waals surface area contributed by atoms with Crippen LogP contribution in [0, 0.1) is 0 Å². The Labute approximate surface area is 126 Å². The highest BCUT2D eigenvalue weighted by Crippen LogP contribution is 2.31. The number of para-hydroxylation sites is 1. The molecular formula is C16H15NO5. The number of rotatable bonds is 4. The summed E-state index contributed by atoms with van der Waals surface area (Å²) in [5.74, 6) is -2.44. The fourth-order valence-electron chi connectivity index (χ4n) is 2.11. The first-order chi connectivity index (χ1) is 10.3. The number of carbonyl (C=O) groups excluding carboxylic acids is 1. The van der Waals surface area contributed by atoms with Gasteiger partial charge in [-0.3, -0.25) is 4.79 Å². The van der Waals surface area contributed by atoms with Crippen LogP contribution in [0.5, 0.6) is 11.5 Å². The zero-order chi connectivity index (χ0) is 16.4.